The predicted octanol–water partition coefficient (Wildman–Crippen LogP) is 2.30. The highest BCUT2D eigenvalue weighted by molar-refractivity contribution is 7.98. The van der Waals surface area contributed by atoms with Gasteiger partial charge >= 0.3 is 0 Å². The first-order valence-electron chi connectivity index (χ1n) is 7.29. The van der Waals surface area contributed by atoms with Gasteiger partial charge in [0.1, 0.15) is 0 Å². The molecule has 4 N–H and O–H groups in total. The summed E-state index contributed by atoms with van der Waals surface area (Å²) in [6.07, 6.45) is 6.72. The Balaban J connectivity index is 1.83. The third kappa shape index (κ3) is 4.51. The van der Waals surface area contributed by atoms with Crippen LogP contribution in [0, 0.1) is 0 Å². The molecule has 1 amide bonds. The Hall–Kier alpha value is -1.46. The van der Waals surface area contributed by atoms with Gasteiger partial charge in [0.25, 0.3) is 0 Å². The number of nitrogens with two attached hydrogens (primary N) is 1. The Morgan fingerprint density at radius 3 is 3.00 bits per heavy atom. The van der Waals surface area contributed by atoms with Crippen LogP contribution in [0.25, 0.3) is 10.9 Å². The second-order valence-electron chi connectivity index (χ2n) is 5.16. The van der Waals surface area contributed by atoms with Crippen LogP contribution >= 0.6 is 11.8 Å². The summed E-state index contributed by atoms with van der Waals surface area (Å²) in [5.74, 6) is 1.07. The standard InChI is InChI=1S/C16H23N3OS/c1-21-9-5-4-8-18-16(20)14(17)10-12-11-19-15-7-3-2-6-13(12)15/h2-3,6-7,11,14,19H,4-5,8-10,17H2,1H3,(H,18,20)/t14-/m0/s1. The largest absolute Gasteiger partial charge is 0.361 e. The maximum atomic E-state index is 12.0. The predicted molar refractivity (Wildman–Crippen MR) is 90.6 cm³/mol. The van der Waals surface area contributed by atoms with Gasteiger partial charge in [0.15, 0.2) is 0 Å². The van der Waals surface area contributed by atoms with Gasteiger partial charge in [-0.05, 0) is 42.9 Å². The molecule has 2 aromatic rings. The summed E-state index contributed by atoms with van der Waals surface area (Å²) in [6, 6.07) is 7.57. The minimum atomic E-state index is -0.496. The number of hydrogen-bond donors (Lipinski definition) is 3. The first kappa shape index (κ1) is 15.9. The molecule has 0 spiro atoms. The van der Waals surface area contributed by atoms with Crippen molar-refractivity contribution < 1.29 is 4.79 Å². The molecule has 0 fully saturated rings. The van der Waals surface area contributed by atoms with Crippen molar-refractivity contribution in [3.8, 4) is 0 Å². The van der Waals surface area contributed by atoms with E-state index in [9.17, 15) is 4.79 Å². The number of aromatic nitrogens is 1. The van der Waals surface area contributed by atoms with Crippen molar-refractivity contribution >= 4 is 28.6 Å². The Morgan fingerprint density at radius 2 is 2.19 bits per heavy atom. The van der Waals surface area contributed by atoms with E-state index in [1.807, 2.05) is 42.2 Å². The van der Waals surface area contributed by atoms with Gasteiger partial charge in [-0.2, -0.15) is 11.8 Å². The summed E-state index contributed by atoms with van der Waals surface area (Å²) in [7, 11) is 0. The summed E-state index contributed by atoms with van der Waals surface area (Å²) in [5.41, 5.74) is 8.18. The molecule has 1 aromatic carbocycles. The summed E-state index contributed by atoms with van der Waals surface area (Å²) in [4.78, 5) is 15.2. The number of para-hydroxylation sites is 1. The van der Waals surface area contributed by atoms with Crippen molar-refractivity contribution in [2.45, 2.75) is 25.3 Å². The third-order valence-electron chi connectivity index (χ3n) is 3.53. The Bertz CT molecular complexity index is 582. The van der Waals surface area contributed by atoms with Crippen molar-refractivity contribution in [2.24, 2.45) is 5.73 Å². The molecule has 114 valence electrons. The van der Waals surface area contributed by atoms with Crippen molar-refractivity contribution in [1.82, 2.24) is 10.3 Å². The smallest absolute Gasteiger partial charge is 0.237 e. The van der Waals surface area contributed by atoms with E-state index in [1.165, 1.54) is 0 Å². The second kappa shape index (κ2) is 8.10. The molecule has 0 radical (unpaired) electrons. The van der Waals surface area contributed by atoms with Crippen molar-refractivity contribution in [3.63, 3.8) is 0 Å². The molecular weight excluding hydrogens is 282 g/mol. The molecule has 5 heteroatoms. The summed E-state index contributed by atoms with van der Waals surface area (Å²) in [5, 5.41) is 4.06. The maximum Gasteiger partial charge on any atom is 0.237 e. The van der Waals surface area contributed by atoms with E-state index in [0.29, 0.717) is 13.0 Å². The lowest BCUT2D eigenvalue weighted by molar-refractivity contribution is -0.122. The van der Waals surface area contributed by atoms with Gasteiger partial charge in [-0.3, -0.25) is 4.79 Å². The molecule has 0 aliphatic heterocycles. The van der Waals surface area contributed by atoms with E-state index in [1.54, 1.807) is 0 Å². The van der Waals surface area contributed by atoms with Crippen LogP contribution in [-0.4, -0.2) is 35.5 Å². The van der Waals surface area contributed by atoms with Crippen molar-refractivity contribution in [2.75, 3.05) is 18.6 Å². The fourth-order valence-electron chi connectivity index (χ4n) is 2.34. The lowest BCUT2D eigenvalue weighted by Crippen LogP contribution is -2.42. The molecule has 0 bridgehead atoms. The average molecular weight is 305 g/mol. The number of amides is 1. The summed E-state index contributed by atoms with van der Waals surface area (Å²) < 4.78 is 0. The Morgan fingerprint density at radius 1 is 1.38 bits per heavy atom. The molecule has 0 saturated carbocycles. The van der Waals surface area contributed by atoms with Crippen LogP contribution in [0.2, 0.25) is 0 Å². The number of rotatable bonds is 8. The maximum absolute atomic E-state index is 12.0. The zero-order valence-corrected chi connectivity index (χ0v) is 13.2. The van der Waals surface area contributed by atoms with Gasteiger partial charge in [0.05, 0.1) is 6.04 Å². The van der Waals surface area contributed by atoms with Crippen LogP contribution in [0.1, 0.15) is 18.4 Å². The number of fused-ring (bicyclic) bond motifs is 1. The highest BCUT2D eigenvalue weighted by atomic mass is 32.2. The SMILES string of the molecule is CSCCCCNC(=O)[C@@H](N)Cc1c[nH]c2ccccc12. The second-order valence-corrected chi connectivity index (χ2v) is 6.15. The number of carbonyl (C=O) groups excluding carboxylic acids is 1. The quantitative estimate of drug-likeness (QED) is 0.655. The number of carbonyl (C=O) groups is 1. The number of aromatic amines is 1. The average Bonchev–Trinajstić information content (AvgIpc) is 2.90. The summed E-state index contributed by atoms with van der Waals surface area (Å²) in [6.45, 7) is 0.709. The first-order valence-corrected chi connectivity index (χ1v) is 8.69. The number of benzene rings is 1. The van der Waals surface area contributed by atoms with E-state index >= 15 is 0 Å². The summed E-state index contributed by atoms with van der Waals surface area (Å²) >= 11 is 1.83. The molecule has 1 atom stereocenters. The van der Waals surface area contributed by atoms with Gasteiger partial charge < -0.3 is 16.0 Å². The van der Waals surface area contributed by atoms with Crippen LogP contribution in [0.5, 0.6) is 0 Å². The van der Waals surface area contributed by atoms with Crippen LogP contribution in [0.15, 0.2) is 30.5 Å². The molecule has 1 heterocycles. The van der Waals surface area contributed by atoms with Crippen LogP contribution in [-0.2, 0) is 11.2 Å². The highest BCUT2D eigenvalue weighted by Gasteiger charge is 2.15. The zero-order valence-electron chi connectivity index (χ0n) is 12.4. The van der Waals surface area contributed by atoms with Gasteiger partial charge in [-0.15, -0.1) is 0 Å². The van der Waals surface area contributed by atoms with Crippen molar-refractivity contribution in [3.05, 3.63) is 36.0 Å². The number of nitrogens with one attached hydrogen (secondary N) is 2. The number of thioether (sulfide) groups is 1. The molecule has 0 aliphatic carbocycles. The fourth-order valence-corrected chi connectivity index (χ4v) is 2.84. The highest BCUT2D eigenvalue weighted by Crippen LogP contribution is 2.18. The van der Waals surface area contributed by atoms with E-state index in [2.05, 4.69) is 16.6 Å². The lowest BCUT2D eigenvalue weighted by Gasteiger charge is -2.11. The first-order chi connectivity index (χ1) is 10.2. The monoisotopic (exact) mass is 305 g/mol. The molecule has 1 aromatic heterocycles. The van der Waals surface area contributed by atoms with Gasteiger partial charge in [0, 0.05) is 23.6 Å². The normalized spacial score (nSPS) is 12.5. The van der Waals surface area contributed by atoms with E-state index in [4.69, 9.17) is 5.73 Å². The molecule has 0 saturated heterocycles. The van der Waals surface area contributed by atoms with Crippen molar-refractivity contribution in [1.29, 1.82) is 0 Å². The Kier molecular flexibility index (Phi) is 6.14. The third-order valence-corrected chi connectivity index (χ3v) is 4.22. The molecular formula is C16H23N3OS. The van der Waals surface area contributed by atoms with Crippen LogP contribution in [0.3, 0.4) is 0 Å². The molecule has 0 unspecified atom stereocenters. The van der Waals surface area contributed by atoms with Gasteiger partial charge in [-0.25, -0.2) is 0 Å². The lowest BCUT2D eigenvalue weighted by atomic mass is 10.1. The van der Waals surface area contributed by atoms with Gasteiger partial charge in [-0.1, -0.05) is 18.2 Å². The minimum absolute atomic E-state index is 0.0653. The van der Waals surface area contributed by atoms with E-state index in [0.717, 1.165) is 35.1 Å². The van der Waals surface area contributed by atoms with Crippen LogP contribution < -0.4 is 11.1 Å². The number of H-pyrrole nitrogens is 1. The number of hydrogen-bond acceptors (Lipinski definition) is 3. The zero-order chi connectivity index (χ0) is 15.1. The molecule has 2 rings (SSSR count). The topological polar surface area (TPSA) is 70.9 Å². The fraction of sp³-hybridized carbons (Fsp3) is 0.438. The molecule has 0 aliphatic rings. The Labute approximate surface area is 129 Å². The van der Waals surface area contributed by atoms with Crippen LogP contribution in [0.4, 0.5) is 0 Å². The minimum Gasteiger partial charge on any atom is -0.361 e. The number of unbranched alkanes of at least 4 members (excludes halogenated alkanes) is 1. The van der Waals surface area contributed by atoms with E-state index < -0.39 is 6.04 Å². The molecule has 21 heavy (non-hydrogen) atoms. The van der Waals surface area contributed by atoms with Gasteiger partial charge in [0.2, 0.25) is 5.91 Å². The molecule has 4 nitrogen and oxygen atoms in total. The van der Waals surface area contributed by atoms with E-state index in [-0.39, 0.29) is 5.91 Å².